The van der Waals surface area contributed by atoms with Crippen molar-refractivity contribution in [2.24, 2.45) is 0 Å². The van der Waals surface area contributed by atoms with Crippen LogP contribution in [0.4, 0.5) is 0 Å². The quantitative estimate of drug-likeness (QED) is 0.867. The molecule has 0 fully saturated rings. The number of carbonyl (C=O) groups excluding carboxylic acids is 1. The second-order valence-corrected chi connectivity index (χ2v) is 5.23. The van der Waals surface area contributed by atoms with Gasteiger partial charge in [0.25, 0.3) is 0 Å². The van der Waals surface area contributed by atoms with Crippen molar-refractivity contribution in [3.05, 3.63) is 50.9 Å². The largest absolute Gasteiger partial charge is 0.299 e. The lowest BCUT2D eigenvalue weighted by Crippen LogP contribution is -2.06. The third kappa shape index (κ3) is 3.25. The van der Waals surface area contributed by atoms with Gasteiger partial charge in [-0.1, -0.05) is 0 Å². The van der Waals surface area contributed by atoms with E-state index >= 15 is 0 Å². The van der Waals surface area contributed by atoms with Crippen LogP contribution >= 0.6 is 27.3 Å². The van der Waals surface area contributed by atoms with Crippen LogP contribution in [-0.4, -0.2) is 10.8 Å². The number of rotatable bonds is 4. The van der Waals surface area contributed by atoms with E-state index in [9.17, 15) is 4.79 Å². The van der Waals surface area contributed by atoms with Gasteiger partial charge in [-0.05, 0) is 49.9 Å². The van der Waals surface area contributed by atoms with E-state index in [2.05, 4.69) is 20.9 Å². The molecular formula is C12H10BrNOS. The predicted octanol–water partition coefficient (Wildman–Crippen LogP) is 3.26. The molecule has 2 heterocycles. The highest BCUT2D eigenvalue weighted by Gasteiger charge is 2.06. The van der Waals surface area contributed by atoms with E-state index in [0.717, 1.165) is 15.6 Å². The van der Waals surface area contributed by atoms with Crippen LogP contribution in [0.15, 0.2) is 39.8 Å². The number of carbonyl (C=O) groups is 1. The molecule has 2 aromatic heterocycles. The topological polar surface area (TPSA) is 30.0 Å². The Bertz CT molecular complexity index is 482. The van der Waals surface area contributed by atoms with Crippen LogP contribution < -0.4 is 0 Å². The van der Waals surface area contributed by atoms with Gasteiger partial charge in [0.1, 0.15) is 5.78 Å². The molecule has 82 valence electrons. The molecule has 16 heavy (non-hydrogen) atoms. The number of ketones is 1. The molecule has 0 saturated heterocycles. The number of thiophene rings is 1. The summed E-state index contributed by atoms with van der Waals surface area (Å²) in [5.74, 6) is 0.221. The average Bonchev–Trinajstić information content (AvgIpc) is 2.70. The van der Waals surface area contributed by atoms with Crippen molar-refractivity contribution >= 4 is 33.0 Å². The maximum atomic E-state index is 11.8. The van der Waals surface area contributed by atoms with E-state index in [0.29, 0.717) is 12.8 Å². The first-order valence-electron chi connectivity index (χ1n) is 4.86. The fraction of sp³-hybridized carbons (Fsp3) is 0.167. The molecule has 2 aromatic rings. The number of hydrogen-bond donors (Lipinski definition) is 0. The first-order valence-corrected chi connectivity index (χ1v) is 6.60. The summed E-state index contributed by atoms with van der Waals surface area (Å²) in [4.78, 5) is 15.8. The highest BCUT2D eigenvalue weighted by molar-refractivity contribution is 9.10. The maximum absolute atomic E-state index is 11.8. The lowest BCUT2D eigenvalue weighted by Gasteiger charge is -2.00. The summed E-state index contributed by atoms with van der Waals surface area (Å²) in [5, 5.41) is 4.00. The van der Waals surface area contributed by atoms with Crippen LogP contribution in [0.5, 0.6) is 0 Å². The van der Waals surface area contributed by atoms with Gasteiger partial charge < -0.3 is 0 Å². The van der Waals surface area contributed by atoms with Crippen LogP contribution in [0.2, 0.25) is 0 Å². The summed E-state index contributed by atoms with van der Waals surface area (Å²) >= 11 is 4.96. The summed E-state index contributed by atoms with van der Waals surface area (Å²) in [7, 11) is 0. The van der Waals surface area contributed by atoms with Crippen molar-refractivity contribution in [1.82, 2.24) is 4.98 Å². The van der Waals surface area contributed by atoms with E-state index in [1.807, 2.05) is 22.9 Å². The molecule has 0 bridgehead atoms. The Hall–Kier alpha value is -1.00. The SMILES string of the molecule is O=C(Cc1ccsc1)Cc1cncc(Br)c1. The number of hydrogen-bond acceptors (Lipinski definition) is 3. The number of nitrogens with zero attached hydrogens (tertiary/aromatic N) is 1. The van der Waals surface area contributed by atoms with E-state index in [1.54, 1.807) is 23.7 Å². The van der Waals surface area contributed by atoms with Crippen LogP contribution in [0.25, 0.3) is 0 Å². The van der Waals surface area contributed by atoms with Crippen LogP contribution in [0.3, 0.4) is 0 Å². The van der Waals surface area contributed by atoms with Gasteiger partial charge in [0, 0.05) is 29.7 Å². The smallest absolute Gasteiger partial charge is 0.141 e. The highest BCUT2D eigenvalue weighted by atomic mass is 79.9. The fourth-order valence-corrected chi connectivity index (χ4v) is 2.54. The molecule has 0 amide bonds. The minimum Gasteiger partial charge on any atom is -0.299 e. The molecule has 0 aliphatic rings. The number of aromatic nitrogens is 1. The summed E-state index contributed by atoms with van der Waals surface area (Å²) < 4.78 is 0.910. The van der Waals surface area contributed by atoms with Crippen LogP contribution in [0.1, 0.15) is 11.1 Å². The van der Waals surface area contributed by atoms with Gasteiger partial charge in [-0.2, -0.15) is 11.3 Å². The third-order valence-corrected chi connectivity index (χ3v) is 3.31. The highest BCUT2D eigenvalue weighted by Crippen LogP contribution is 2.12. The zero-order valence-corrected chi connectivity index (χ0v) is 10.9. The maximum Gasteiger partial charge on any atom is 0.141 e. The van der Waals surface area contributed by atoms with Crippen molar-refractivity contribution in [2.75, 3.05) is 0 Å². The lowest BCUT2D eigenvalue weighted by atomic mass is 10.1. The first-order chi connectivity index (χ1) is 7.74. The molecule has 0 radical (unpaired) electrons. The molecule has 0 spiro atoms. The van der Waals surface area contributed by atoms with Crippen molar-refractivity contribution in [1.29, 1.82) is 0 Å². The summed E-state index contributed by atoms with van der Waals surface area (Å²) in [6, 6.07) is 3.92. The zero-order chi connectivity index (χ0) is 11.4. The Labute approximate surface area is 106 Å². The minimum atomic E-state index is 0.221. The molecule has 0 aliphatic heterocycles. The lowest BCUT2D eigenvalue weighted by molar-refractivity contribution is -0.117. The average molecular weight is 296 g/mol. The first kappa shape index (κ1) is 11.5. The third-order valence-electron chi connectivity index (χ3n) is 2.14. The van der Waals surface area contributed by atoms with Crippen molar-refractivity contribution in [3.63, 3.8) is 0 Å². The second-order valence-electron chi connectivity index (χ2n) is 3.54. The van der Waals surface area contributed by atoms with Gasteiger partial charge in [-0.25, -0.2) is 0 Å². The molecule has 0 unspecified atom stereocenters. The molecule has 0 aliphatic carbocycles. The Balaban J connectivity index is 1.97. The Morgan fingerprint density at radius 2 is 2.12 bits per heavy atom. The summed E-state index contributed by atoms with van der Waals surface area (Å²) in [5.41, 5.74) is 2.05. The van der Waals surface area contributed by atoms with Gasteiger partial charge in [-0.3, -0.25) is 9.78 Å². The Kier molecular flexibility index (Phi) is 3.85. The van der Waals surface area contributed by atoms with Crippen LogP contribution in [-0.2, 0) is 17.6 Å². The Morgan fingerprint density at radius 1 is 1.31 bits per heavy atom. The van der Waals surface area contributed by atoms with Crippen molar-refractivity contribution < 1.29 is 4.79 Å². The van der Waals surface area contributed by atoms with Gasteiger partial charge in [0.15, 0.2) is 0 Å². The van der Waals surface area contributed by atoms with E-state index < -0.39 is 0 Å². The fourth-order valence-electron chi connectivity index (χ4n) is 1.46. The molecule has 4 heteroatoms. The molecule has 0 saturated carbocycles. The number of halogens is 1. The molecule has 2 rings (SSSR count). The van der Waals surface area contributed by atoms with Crippen LogP contribution in [0, 0.1) is 0 Å². The monoisotopic (exact) mass is 295 g/mol. The predicted molar refractivity (Wildman–Crippen MR) is 68.7 cm³/mol. The minimum absolute atomic E-state index is 0.221. The normalized spacial score (nSPS) is 10.3. The van der Waals surface area contributed by atoms with E-state index in [-0.39, 0.29) is 5.78 Å². The molecule has 2 nitrogen and oxygen atoms in total. The van der Waals surface area contributed by atoms with Gasteiger partial charge >= 0.3 is 0 Å². The molecule has 0 atom stereocenters. The summed E-state index contributed by atoms with van der Waals surface area (Å²) in [6.45, 7) is 0. The van der Waals surface area contributed by atoms with E-state index in [1.165, 1.54) is 0 Å². The van der Waals surface area contributed by atoms with Crippen molar-refractivity contribution in [3.8, 4) is 0 Å². The molecule has 0 N–H and O–H groups in total. The van der Waals surface area contributed by atoms with Gasteiger partial charge in [0.05, 0.1) is 0 Å². The van der Waals surface area contributed by atoms with Gasteiger partial charge in [-0.15, -0.1) is 0 Å². The number of pyridine rings is 1. The van der Waals surface area contributed by atoms with Gasteiger partial charge in [0.2, 0.25) is 0 Å². The van der Waals surface area contributed by atoms with E-state index in [4.69, 9.17) is 0 Å². The zero-order valence-electron chi connectivity index (χ0n) is 8.52. The second kappa shape index (κ2) is 5.37. The standard InChI is InChI=1S/C12H10BrNOS/c13-11-3-10(6-14-7-11)5-12(15)4-9-1-2-16-8-9/h1-3,6-8H,4-5H2. The summed E-state index contributed by atoms with van der Waals surface area (Å²) in [6.07, 6.45) is 4.40. The molecular weight excluding hydrogens is 286 g/mol. The molecule has 0 aromatic carbocycles. The Morgan fingerprint density at radius 3 is 2.81 bits per heavy atom. The van der Waals surface area contributed by atoms with Crippen molar-refractivity contribution in [2.45, 2.75) is 12.8 Å². The number of Topliss-reactive ketones (excluding diaryl/α,β-unsaturated/α-hetero) is 1.